The number of nitro groups is 1. The van der Waals surface area contributed by atoms with Gasteiger partial charge in [-0.2, -0.15) is 13.2 Å². The molecule has 1 rings (SSSR count). The Bertz CT molecular complexity index is 474. The first-order chi connectivity index (χ1) is 8.71. The summed E-state index contributed by atoms with van der Waals surface area (Å²) in [4.78, 5) is 20.2. The zero-order chi connectivity index (χ0) is 14.6. The third kappa shape index (κ3) is 4.12. The molecule has 0 fully saturated rings. The highest BCUT2D eigenvalue weighted by atomic mass is 19.4. The Morgan fingerprint density at radius 3 is 2.47 bits per heavy atom. The van der Waals surface area contributed by atoms with E-state index in [0.717, 1.165) is 18.2 Å². The quantitative estimate of drug-likeness (QED) is 0.674. The summed E-state index contributed by atoms with van der Waals surface area (Å²) >= 11 is 0. The van der Waals surface area contributed by atoms with Crippen molar-refractivity contribution in [3.63, 3.8) is 0 Å². The number of hydrogen-bond donors (Lipinski definition) is 1. The summed E-state index contributed by atoms with van der Waals surface area (Å²) in [7, 11) is 0. The topological polar surface area (TPSA) is 95.5 Å². The normalized spacial score (nSPS) is 12.8. The largest absolute Gasteiger partial charge is 0.434 e. The molecular weight excluding hydrogens is 269 g/mol. The number of hydrogen-bond acceptors (Lipinski definition) is 4. The average Bonchev–Trinajstić information content (AvgIpc) is 2.25. The van der Waals surface area contributed by atoms with Gasteiger partial charge in [0.15, 0.2) is 6.10 Å². The molecule has 0 aliphatic carbocycles. The van der Waals surface area contributed by atoms with Crippen LogP contribution in [0.5, 0.6) is 0 Å². The van der Waals surface area contributed by atoms with Crippen LogP contribution in [0, 0.1) is 10.1 Å². The molecule has 6 nitrogen and oxygen atoms in total. The van der Waals surface area contributed by atoms with Crippen LogP contribution in [0.2, 0.25) is 0 Å². The van der Waals surface area contributed by atoms with Crippen molar-refractivity contribution >= 4 is 6.09 Å². The van der Waals surface area contributed by atoms with Crippen molar-refractivity contribution < 1.29 is 27.6 Å². The van der Waals surface area contributed by atoms with E-state index in [0.29, 0.717) is 0 Å². The van der Waals surface area contributed by atoms with Gasteiger partial charge in [0, 0.05) is 10.5 Å². The number of benzene rings is 1. The lowest BCUT2D eigenvalue weighted by Gasteiger charge is -2.18. The highest BCUT2D eigenvalue weighted by Gasteiger charge is 2.37. The molecule has 1 amide bonds. The minimum Gasteiger partial charge on any atom is -0.434 e. The van der Waals surface area contributed by atoms with Crippen LogP contribution in [-0.2, 0) is 10.9 Å². The molecule has 1 atom stereocenters. The Balaban J connectivity index is 3.21. The Morgan fingerprint density at radius 1 is 1.42 bits per heavy atom. The molecule has 0 spiro atoms. The number of ether oxygens (including phenoxy) is 1. The zero-order valence-electron chi connectivity index (χ0n) is 9.39. The van der Waals surface area contributed by atoms with Crippen LogP contribution in [0.1, 0.15) is 17.2 Å². The van der Waals surface area contributed by atoms with E-state index in [2.05, 4.69) is 4.74 Å². The van der Waals surface area contributed by atoms with Gasteiger partial charge in [-0.05, 0) is 6.07 Å². The summed E-state index contributed by atoms with van der Waals surface area (Å²) in [6.07, 6.45) is -7.79. The van der Waals surface area contributed by atoms with E-state index in [1.807, 2.05) is 0 Å². The zero-order valence-corrected chi connectivity index (χ0v) is 9.39. The van der Waals surface area contributed by atoms with Gasteiger partial charge in [0.1, 0.15) is 0 Å². The summed E-state index contributed by atoms with van der Waals surface area (Å²) in [5.41, 5.74) is 3.08. The molecular formula is C10H9F3N2O4. The number of carbonyl (C=O) groups excluding carboxylic acids is 1. The van der Waals surface area contributed by atoms with E-state index in [9.17, 15) is 28.1 Å². The lowest BCUT2D eigenvalue weighted by atomic mass is 10.0. The van der Waals surface area contributed by atoms with Crippen LogP contribution in [0.15, 0.2) is 24.3 Å². The number of alkyl halides is 3. The molecule has 0 bridgehead atoms. The van der Waals surface area contributed by atoms with Gasteiger partial charge in [0.25, 0.3) is 0 Å². The molecule has 1 aromatic carbocycles. The first-order valence-electron chi connectivity index (χ1n) is 4.96. The summed E-state index contributed by atoms with van der Waals surface area (Å²) in [5, 5.41) is 10.4. The lowest BCUT2D eigenvalue weighted by molar-refractivity contribution is -0.491. The average molecular weight is 278 g/mol. The Kier molecular flexibility index (Phi) is 4.30. The maximum atomic E-state index is 12.7. The van der Waals surface area contributed by atoms with Crippen LogP contribution in [0.3, 0.4) is 0 Å². The maximum absolute atomic E-state index is 12.7. The van der Waals surface area contributed by atoms with Gasteiger partial charge < -0.3 is 10.5 Å². The molecule has 0 aromatic heterocycles. The summed E-state index contributed by atoms with van der Waals surface area (Å²) < 4.78 is 42.6. The van der Waals surface area contributed by atoms with E-state index in [4.69, 9.17) is 5.73 Å². The monoisotopic (exact) mass is 278 g/mol. The van der Waals surface area contributed by atoms with Gasteiger partial charge in [-0.3, -0.25) is 10.1 Å². The van der Waals surface area contributed by atoms with Crippen LogP contribution >= 0.6 is 0 Å². The van der Waals surface area contributed by atoms with Crippen LogP contribution < -0.4 is 5.73 Å². The summed E-state index contributed by atoms with van der Waals surface area (Å²) in [6, 6.07) is 4.12. The molecule has 2 N–H and O–H groups in total. The minimum absolute atomic E-state index is 0.509. The molecule has 0 heterocycles. The molecule has 0 aliphatic rings. The maximum Gasteiger partial charge on any atom is 0.416 e. The van der Waals surface area contributed by atoms with Crippen LogP contribution in [0.4, 0.5) is 18.0 Å². The first kappa shape index (κ1) is 14.7. The van der Waals surface area contributed by atoms with Crippen LogP contribution in [-0.4, -0.2) is 17.6 Å². The number of nitrogens with zero attached hydrogens (tertiary/aromatic N) is 1. The van der Waals surface area contributed by atoms with E-state index in [-0.39, 0.29) is 0 Å². The summed E-state index contributed by atoms with van der Waals surface area (Å²) in [6.45, 7) is -1.00. The van der Waals surface area contributed by atoms with Gasteiger partial charge in [-0.25, -0.2) is 4.79 Å². The highest BCUT2D eigenvalue weighted by molar-refractivity contribution is 5.65. The molecule has 0 saturated heterocycles. The number of nitrogens with two attached hydrogens (primary N) is 1. The molecule has 9 heteroatoms. The first-order valence-corrected chi connectivity index (χ1v) is 4.96. The molecule has 0 aliphatic heterocycles. The standard InChI is InChI=1S/C10H9F3N2O4/c11-10(12,13)7-4-2-1-3-6(7)8(5-15(17)18)19-9(14)16/h1-4,8H,5H2,(H2,14,16). The highest BCUT2D eigenvalue weighted by Crippen LogP contribution is 2.35. The number of rotatable bonds is 4. The van der Waals surface area contributed by atoms with E-state index >= 15 is 0 Å². The second-order valence-electron chi connectivity index (χ2n) is 3.53. The number of amides is 1. The van der Waals surface area contributed by atoms with Crippen molar-refractivity contribution in [2.75, 3.05) is 6.54 Å². The predicted octanol–water partition coefficient (Wildman–Crippen LogP) is 2.12. The van der Waals surface area contributed by atoms with Crippen molar-refractivity contribution in [2.45, 2.75) is 12.3 Å². The Labute approximate surface area is 105 Å². The second kappa shape index (κ2) is 5.55. The SMILES string of the molecule is NC(=O)OC(C[N+](=O)[O-])c1ccccc1C(F)(F)F. The van der Waals surface area contributed by atoms with Crippen molar-refractivity contribution in [1.29, 1.82) is 0 Å². The van der Waals surface area contributed by atoms with Gasteiger partial charge in [0.05, 0.1) is 5.56 Å². The van der Waals surface area contributed by atoms with E-state index in [1.54, 1.807) is 0 Å². The lowest BCUT2D eigenvalue weighted by Crippen LogP contribution is -2.25. The molecule has 1 unspecified atom stereocenters. The number of halogens is 3. The van der Waals surface area contributed by atoms with Crippen molar-refractivity contribution in [3.8, 4) is 0 Å². The predicted molar refractivity (Wildman–Crippen MR) is 56.7 cm³/mol. The Hall–Kier alpha value is -2.32. The second-order valence-corrected chi connectivity index (χ2v) is 3.53. The third-order valence-corrected chi connectivity index (χ3v) is 2.19. The van der Waals surface area contributed by atoms with Gasteiger partial charge >= 0.3 is 12.3 Å². The van der Waals surface area contributed by atoms with E-state index < -0.39 is 41.0 Å². The minimum atomic E-state index is -4.72. The third-order valence-electron chi connectivity index (χ3n) is 2.19. The van der Waals surface area contributed by atoms with Gasteiger partial charge in [-0.15, -0.1) is 0 Å². The number of carbonyl (C=O) groups is 1. The smallest absolute Gasteiger partial charge is 0.416 e. The molecule has 19 heavy (non-hydrogen) atoms. The van der Waals surface area contributed by atoms with Gasteiger partial charge in [0.2, 0.25) is 6.54 Å². The van der Waals surface area contributed by atoms with Crippen molar-refractivity contribution in [3.05, 3.63) is 45.5 Å². The van der Waals surface area contributed by atoms with Crippen molar-refractivity contribution in [2.24, 2.45) is 5.73 Å². The fraction of sp³-hybridized carbons (Fsp3) is 0.300. The fourth-order valence-electron chi connectivity index (χ4n) is 1.51. The van der Waals surface area contributed by atoms with Crippen LogP contribution in [0.25, 0.3) is 0 Å². The molecule has 0 saturated carbocycles. The summed E-state index contributed by atoms with van der Waals surface area (Å²) in [5.74, 6) is 0. The fourth-order valence-corrected chi connectivity index (χ4v) is 1.51. The Morgan fingerprint density at radius 2 is 2.00 bits per heavy atom. The molecule has 1 aromatic rings. The molecule has 0 radical (unpaired) electrons. The number of primary amides is 1. The van der Waals surface area contributed by atoms with Gasteiger partial charge in [-0.1, -0.05) is 18.2 Å². The van der Waals surface area contributed by atoms with Crippen molar-refractivity contribution in [1.82, 2.24) is 0 Å². The van der Waals surface area contributed by atoms with E-state index in [1.165, 1.54) is 6.07 Å². The molecule has 104 valence electrons.